The molecule has 1 atom stereocenters. The van der Waals surface area contributed by atoms with Crippen LogP contribution in [-0.4, -0.2) is 32.2 Å². The number of aryl methyl sites for hydroxylation is 1. The fourth-order valence-corrected chi connectivity index (χ4v) is 4.03. The lowest BCUT2D eigenvalue weighted by molar-refractivity contribution is 0.0932. The molecule has 4 rings (SSSR count). The smallest absolute Gasteiger partial charge is 0.268 e. The van der Waals surface area contributed by atoms with Crippen LogP contribution in [0.5, 0.6) is 17.2 Å². The average Bonchev–Trinajstić information content (AvgIpc) is 3.31. The molecule has 1 aromatic heterocycles. The molecule has 28 heavy (non-hydrogen) atoms. The van der Waals surface area contributed by atoms with Gasteiger partial charge in [0, 0.05) is 16.5 Å². The molecule has 0 radical (unpaired) electrons. The Labute approximate surface area is 167 Å². The number of H-pyrrole nitrogens is 1. The number of fused-ring (bicyclic) bond motifs is 2. The number of halogens is 1. The van der Waals surface area contributed by atoms with Gasteiger partial charge in [-0.05, 0) is 42.2 Å². The van der Waals surface area contributed by atoms with E-state index in [1.807, 2.05) is 18.2 Å². The fourth-order valence-electron chi connectivity index (χ4n) is 3.83. The molecule has 0 bridgehead atoms. The molecular formula is C21H21ClN2O4. The zero-order chi connectivity index (χ0) is 19.8. The summed E-state index contributed by atoms with van der Waals surface area (Å²) in [5.74, 6) is 1.47. The molecule has 1 amide bonds. The zero-order valence-electron chi connectivity index (χ0n) is 15.9. The molecule has 0 spiro atoms. The SMILES string of the molecule is COc1cc(OC)c2cc(C(=O)NC3CCc4cc(Cl)ccc43)[nH]c2c1OC. The summed E-state index contributed by atoms with van der Waals surface area (Å²) in [5.41, 5.74) is 3.39. The number of carbonyl (C=O) groups is 1. The van der Waals surface area contributed by atoms with Crippen LogP contribution >= 0.6 is 11.6 Å². The van der Waals surface area contributed by atoms with Crippen LogP contribution in [0.4, 0.5) is 0 Å². The Bertz CT molecular complexity index is 1060. The lowest BCUT2D eigenvalue weighted by Gasteiger charge is -2.13. The monoisotopic (exact) mass is 400 g/mol. The first-order chi connectivity index (χ1) is 13.5. The third kappa shape index (κ3) is 3.03. The van der Waals surface area contributed by atoms with E-state index in [-0.39, 0.29) is 11.9 Å². The van der Waals surface area contributed by atoms with E-state index in [1.165, 1.54) is 5.56 Å². The summed E-state index contributed by atoms with van der Waals surface area (Å²) in [4.78, 5) is 16.1. The largest absolute Gasteiger partial charge is 0.496 e. The van der Waals surface area contributed by atoms with Gasteiger partial charge in [-0.15, -0.1) is 0 Å². The minimum Gasteiger partial charge on any atom is -0.496 e. The van der Waals surface area contributed by atoms with E-state index in [9.17, 15) is 4.79 Å². The van der Waals surface area contributed by atoms with Crippen molar-refractivity contribution in [2.45, 2.75) is 18.9 Å². The maximum absolute atomic E-state index is 12.9. The van der Waals surface area contributed by atoms with Crippen molar-refractivity contribution >= 4 is 28.4 Å². The van der Waals surface area contributed by atoms with Crippen molar-refractivity contribution < 1.29 is 19.0 Å². The molecule has 1 unspecified atom stereocenters. The standard InChI is InChI=1S/C21H21ClN2O4/c1-26-17-10-18(27-2)20(28-3)19-14(17)9-16(23-19)21(25)24-15-7-4-11-8-12(22)5-6-13(11)15/h5-6,8-10,15,23H,4,7H2,1-3H3,(H,24,25). The number of amides is 1. The van der Waals surface area contributed by atoms with E-state index < -0.39 is 0 Å². The van der Waals surface area contributed by atoms with Gasteiger partial charge < -0.3 is 24.5 Å². The van der Waals surface area contributed by atoms with E-state index >= 15 is 0 Å². The molecule has 2 N–H and O–H groups in total. The Morgan fingerprint density at radius 1 is 1.11 bits per heavy atom. The normalized spacial score (nSPS) is 15.4. The van der Waals surface area contributed by atoms with Crippen molar-refractivity contribution in [1.29, 1.82) is 0 Å². The fraction of sp³-hybridized carbons (Fsp3) is 0.286. The maximum Gasteiger partial charge on any atom is 0.268 e. The van der Waals surface area contributed by atoms with Crippen LogP contribution in [0.1, 0.15) is 34.1 Å². The second-order valence-electron chi connectivity index (χ2n) is 6.69. The van der Waals surface area contributed by atoms with Crippen molar-refractivity contribution in [3.8, 4) is 17.2 Å². The molecule has 6 nitrogen and oxygen atoms in total. The molecule has 1 aliphatic rings. The number of hydrogen-bond acceptors (Lipinski definition) is 4. The van der Waals surface area contributed by atoms with Crippen molar-refractivity contribution in [3.63, 3.8) is 0 Å². The Morgan fingerprint density at radius 3 is 2.61 bits per heavy atom. The van der Waals surface area contributed by atoms with E-state index in [0.29, 0.717) is 28.5 Å². The predicted octanol–water partition coefficient (Wildman–Crippen LogP) is 4.26. The van der Waals surface area contributed by atoms with Gasteiger partial charge in [0.05, 0.1) is 32.9 Å². The summed E-state index contributed by atoms with van der Waals surface area (Å²) < 4.78 is 16.3. The van der Waals surface area contributed by atoms with Crippen molar-refractivity contribution in [2.24, 2.45) is 0 Å². The van der Waals surface area contributed by atoms with Gasteiger partial charge in [0.1, 0.15) is 11.4 Å². The van der Waals surface area contributed by atoms with Crippen LogP contribution in [0.3, 0.4) is 0 Å². The summed E-state index contributed by atoms with van der Waals surface area (Å²) >= 11 is 6.07. The highest BCUT2D eigenvalue weighted by atomic mass is 35.5. The first kappa shape index (κ1) is 18.5. The van der Waals surface area contributed by atoms with Gasteiger partial charge in [-0.3, -0.25) is 4.79 Å². The zero-order valence-corrected chi connectivity index (χ0v) is 16.6. The van der Waals surface area contributed by atoms with Gasteiger partial charge in [-0.1, -0.05) is 17.7 Å². The highest BCUT2D eigenvalue weighted by molar-refractivity contribution is 6.30. The van der Waals surface area contributed by atoms with Crippen molar-refractivity contribution in [3.05, 3.63) is 52.2 Å². The number of ether oxygens (including phenoxy) is 3. The van der Waals surface area contributed by atoms with Gasteiger partial charge in [-0.25, -0.2) is 0 Å². The van der Waals surface area contributed by atoms with Gasteiger partial charge in [0.25, 0.3) is 5.91 Å². The highest BCUT2D eigenvalue weighted by Crippen LogP contribution is 2.41. The summed E-state index contributed by atoms with van der Waals surface area (Å²) in [6, 6.07) is 9.28. The molecule has 7 heteroatoms. The van der Waals surface area contributed by atoms with Crippen LogP contribution in [0.15, 0.2) is 30.3 Å². The summed E-state index contributed by atoms with van der Waals surface area (Å²) in [6.07, 6.45) is 1.74. The first-order valence-corrected chi connectivity index (χ1v) is 9.34. The Hall–Kier alpha value is -2.86. The summed E-state index contributed by atoms with van der Waals surface area (Å²) in [7, 11) is 4.70. The molecular weight excluding hydrogens is 380 g/mol. The topological polar surface area (TPSA) is 72.6 Å². The second kappa shape index (κ2) is 7.28. The van der Waals surface area contributed by atoms with E-state index in [4.69, 9.17) is 25.8 Å². The molecule has 3 aromatic rings. The summed E-state index contributed by atoms with van der Waals surface area (Å²) in [5, 5.41) is 4.58. The highest BCUT2D eigenvalue weighted by Gasteiger charge is 2.26. The third-order valence-corrected chi connectivity index (χ3v) is 5.41. The third-order valence-electron chi connectivity index (χ3n) is 5.17. The van der Waals surface area contributed by atoms with Crippen molar-refractivity contribution in [2.75, 3.05) is 21.3 Å². The van der Waals surface area contributed by atoms with Crippen molar-refractivity contribution in [1.82, 2.24) is 10.3 Å². The van der Waals surface area contributed by atoms with Crippen LogP contribution in [0.25, 0.3) is 10.9 Å². The molecule has 0 aliphatic heterocycles. The molecule has 2 aromatic carbocycles. The first-order valence-electron chi connectivity index (χ1n) is 8.96. The van der Waals surface area contributed by atoms with Gasteiger partial charge in [0.15, 0.2) is 11.5 Å². The second-order valence-corrected chi connectivity index (χ2v) is 7.13. The van der Waals surface area contributed by atoms with Gasteiger partial charge >= 0.3 is 0 Å². The average molecular weight is 401 g/mol. The molecule has 0 saturated heterocycles. The van der Waals surface area contributed by atoms with Crippen LogP contribution < -0.4 is 19.5 Å². The number of rotatable bonds is 5. The number of nitrogens with one attached hydrogen (secondary N) is 2. The molecule has 146 valence electrons. The maximum atomic E-state index is 12.9. The van der Waals surface area contributed by atoms with Gasteiger partial charge in [0.2, 0.25) is 0 Å². The van der Waals surface area contributed by atoms with E-state index in [1.54, 1.807) is 33.5 Å². The van der Waals surface area contributed by atoms with E-state index in [2.05, 4.69) is 10.3 Å². The Balaban J connectivity index is 1.67. The molecule has 1 aliphatic carbocycles. The minimum atomic E-state index is -0.188. The molecule has 1 heterocycles. The van der Waals surface area contributed by atoms with Crippen LogP contribution in [0.2, 0.25) is 5.02 Å². The number of aromatic amines is 1. The lowest BCUT2D eigenvalue weighted by atomic mass is 10.1. The lowest BCUT2D eigenvalue weighted by Crippen LogP contribution is -2.27. The number of methoxy groups -OCH3 is 3. The number of aromatic nitrogens is 1. The molecule has 0 saturated carbocycles. The Morgan fingerprint density at radius 2 is 1.89 bits per heavy atom. The minimum absolute atomic E-state index is 0.0375. The summed E-state index contributed by atoms with van der Waals surface area (Å²) in [6.45, 7) is 0. The number of benzene rings is 2. The van der Waals surface area contributed by atoms with Crippen LogP contribution in [0, 0.1) is 0 Å². The van der Waals surface area contributed by atoms with Crippen LogP contribution in [-0.2, 0) is 6.42 Å². The van der Waals surface area contributed by atoms with E-state index in [0.717, 1.165) is 28.8 Å². The Kier molecular flexibility index (Phi) is 4.81. The number of hydrogen-bond donors (Lipinski definition) is 2. The predicted molar refractivity (Wildman–Crippen MR) is 108 cm³/mol. The molecule has 0 fully saturated rings. The quantitative estimate of drug-likeness (QED) is 0.671. The number of carbonyl (C=O) groups excluding carboxylic acids is 1. The van der Waals surface area contributed by atoms with Gasteiger partial charge in [-0.2, -0.15) is 0 Å².